The highest BCUT2D eigenvalue weighted by atomic mass is 16.6. The monoisotopic (exact) mass is 359 g/mol. The lowest BCUT2D eigenvalue weighted by Crippen LogP contribution is -2.39. The van der Waals surface area contributed by atoms with Crippen LogP contribution in [-0.2, 0) is 16.1 Å². The normalized spacial score (nSPS) is 25.0. The highest BCUT2D eigenvalue weighted by molar-refractivity contribution is 5.13. The van der Waals surface area contributed by atoms with E-state index in [-0.39, 0.29) is 13.2 Å². The van der Waals surface area contributed by atoms with E-state index in [9.17, 15) is 14.7 Å². The molecule has 2 heterocycles. The van der Waals surface area contributed by atoms with Gasteiger partial charge in [-0.1, -0.05) is 35.4 Å². The van der Waals surface area contributed by atoms with Crippen molar-refractivity contribution in [2.75, 3.05) is 6.54 Å². The second-order valence-corrected chi connectivity index (χ2v) is 5.75. The van der Waals surface area contributed by atoms with Crippen molar-refractivity contribution < 1.29 is 14.6 Å². The first-order valence-electron chi connectivity index (χ1n) is 7.91. The molecule has 2 unspecified atom stereocenters. The molecule has 0 bridgehead atoms. The first-order valence-corrected chi connectivity index (χ1v) is 7.91. The SMILES string of the molecule is [N-]=[N+]=NC[C@@H]1O[C@H](n2ccc(=O)[nH]c2=O)C(OCc2ccccc2)C1O. The van der Waals surface area contributed by atoms with E-state index in [0.29, 0.717) is 0 Å². The van der Waals surface area contributed by atoms with Crippen LogP contribution < -0.4 is 11.2 Å². The summed E-state index contributed by atoms with van der Waals surface area (Å²) in [5.41, 5.74) is 8.13. The third-order valence-corrected chi connectivity index (χ3v) is 4.05. The van der Waals surface area contributed by atoms with Crippen LogP contribution in [0.15, 0.2) is 57.3 Å². The zero-order valence-electron chi connectivity index (χ0n) is 13.6. The number of ether oxygens (including phenoxy) is 2. The van der Waals surface area contributed by atoms with Crippen molar-refractivity contribution in [2.24, 2.45) is 5.11 Å². The fraction of sp³-hybridized carbons (Fsp3) is 0.375. The molecule has 4 atom stereocenters. The number of rotatable bonds is 6. The molecule has 1 aromatic heterocycles. The topological polar surface area (TPSA) is 142 Å². The van der Waals surface area contributed by atoms with Gasteiger partial charge < -0.3 is 14.6 Å². The lowest BCUT2D eigenvalue weighted by Gasteiger charge is -2.22. The number of hydrogen-bond acceptors (Lipinski definition) is 6. The van der Waals surface area contributed by atoms with Crippen LogP contribution in [0, 0.1) is 0 Å². The summed E-state index contributed by atoms with van der Waals surface area (Å²) in [6.07, 6.45) is -2.55. The van der Waals surface area contributed by atoms with Crippen molar-refractivity contribution in [3.63, 3.8) is 0 Å². The van der Waals surface area contributed by atoms with Crippen LogP contribution in [-0.4, -0.2) is 39.5 Å². The number of aromatic nitrogens is 2. The molecule has 1 fully saturated rings. The van der Waals surface area contributed by atoms with Gasteiger partial charge in [0.05, 0.1) is 19.3 Å². The molecule has 1 aromatic carbocycles. The van der Waals surface area contributed by atoms with Crippen molar-refractivity contribution in [3.05, 3.63) is 79.4 Å². The number of nitrogens with zero attached hydrogens (tertiary/aromatic N) is 4. The van der Waals surface area contributed by atoms with Gasteiger partial charge in [-0.2, -0.15) is 0 Å². The number of aliphatic hydroxyl groups is 1. The number of aliphatic hydroxyl groups excluding tert-OH is 1. The molecule has 3 rings (SSSR count). The van der Waals surface area contributed by atoms with Crippen molar-refractivity contribution in [1.29, 1.82) is 0 Å². The number of benzene rings is 1. The first kappa shape index (κ1) is 17.9. The summed E-state index contributed by atoms with van der Waals surface area (Å²) in [7, 11) is 0. The minimum Gasteiger partial charge on any atom is -0.388 e. The molecular formula is C16H17N5O5. The van der Waals surface area contributed by atoms with Crippen LogP contribution in [0.2, 0.25) is 0 Å². The largest absolute Gasteiger partial charge is 0.388 e. The van der Waals surface area contributed by atoms with E-state index in [2.05, 4.69) is 15.0 Å². The molecule has 1 saturated heterocycles. The van der Waals surface area contributed by atoms with E-state index in [1.807, 2.05) is 30.3 Å². The molecule has 0 radical (unpaired) electrons. The number of nitrogens with one attached hydrogen (secondary N) is 1. The predicted molar refractivity (Wildman–Crippen MR) is 90.3 cm³/mol. The van der Waals surface area contributed by atoms with Crippen LogP contribution in [0.5, 0.6) is 0 Å². The molecule has 1 aliphatic heterocycles. The van der Waals surface area contributed by atoms with E-state index in [4.69, 9.17) is 15.0 Å². The van der Waals surface area contributed by atoms with Crippen molar-refractivity contribution in [1.82, 2.24) is 9.55 Å². The summed E-state index contributed by atoms with van der Waals surface area (Å²) >= 11 is 0. The van der Waals surface area contributed by atoms with Gasteiger partial charge in [0.1, 0.15) is 12.2 Å². The quantitative estimate of drug-likeness (QED) is 0.443. The predicted octanol–water partition coefficient (Wildman–Crippen LogP) is 0.691. The summed E-state index contributed by atoms with van der Waals surface area (Å²) in [5.74, 6) is 0. The average Bonchev–Trinajstić information content (AvgIpc) is 2.94. The molecule has 2 aromatic rings. The molecule has 0 amide bonds. The summed E-state index contributed by atoms with van der Waals surface area (Å²) in [6.45, 7) is 0.0756. The number of azide groups is 1. The Hall–Kier alpha value is -2.91. The van der Waals surface area contributed by atoms with Crippen LogP contribution in [0.4, 0.5) is 0 Å². The highest BCUT2D eigenvalue weighted by Gasteiger charge is 2.45. The van der Waals surface area contributed by atoms with E-state index in [0.717, 1.165) is 10.1 Å². The van der Waals surface area contributed by atoms with Crippen LogP contribution in [0.25, 0.3) is 10.4 Å². The summed E-state index contributed by atoms with van der Waals surface area (Å²) in [6, 6.07) is 10.5. The van der Waals surface area contributed by atoms with Gasteiger partial charge in [0, 0.05) is 17.2 Å². The minimum atomic E-state index is -1.12. The highest BCUT2D eigenvalue weighted by Crippen LogP contribution is 2.31. The van der Waals surface area contributed by atoms with Crippen molar-refractivity contribution in [2.45, 2.75) is 31.1 Å². The maximum Gasteiger partial charge on any atom is 0.330 e. The third-order valence-electron chi connectivity index (χ3n) is 4.05. The molecule has 0 aliphatic carbocycles. The lowest BCUT2D eigenvalue weighted by molar-refractivity contribution is -0.0765. The Bertz CT molecular complexity index is 905. The van der Waals surface area contributed by atoms with Gasteiger partial charge in [-0.3, -0.25) is 14.3 Å². The molecule has 10 nitrogen and oxygen atoms in total. The third kappa shape index (κ3) is 3.84. The number of H-pyrrole nitrogens is 1. The zero-order valence-corrected chi connectivity index (χ0v) is 13.6. The van der Waals surface area contributed by atoms with E-state index in [1.165, 1.54) is 12.3 Å². The summed E-state index contributed by atoms with van der Waals surface area (Å²) in [5, 5.41) is 13.9. The minimum absolute atomic E-state index is 0.114. The van der Waals surface area contributed by atoms with Crippen molar-refractivity contribution >= 4 is 0 Å². The van der Waals surface area contributed by atoms with Gasteiger partial charge in [-0.05, 0) is 11.1 Å². The Morgan fingerprint density at radius 2 is 2.08 bits per heavy atom. The van der Waals surface area contributed by atoms with Gasteiger partial charge in [0.25, 0.3) is 5.56 Å². The molecule has 136 valence electrons. The van der Waals surface area contributed by atoms with Gasteiger partial charge in [0.15, 0.2) is 6.23 Å². The fourth-order valence-electron chi connectivity index (χ4n) is 2.78. The average molecular weight is 359 g/mol. The summed E-state index contributed by atoms with van der Waals surface area (Å²) < 4.78 is 12.6. The van der Waals surface area contributed by atoms with Crippen molar-refractivity contribution in [3.8, 4) is 0 Å². The number of hydrogen-bond donors (Lipinski definition) is 2. The number of aromatic amines is 1. The van der Waals surface area contributed by atoms with E-state index < -0.39 is 35.8 Å². The Kier molecular flexibility index (Phi) is 5.49. The van der Waals surface area contributed by atoms with Gasteiger partial charge in [-0.25, -0.2) is 4.79 Å². The molecule has 1 aliphatic rings. The molecule has 0 saturated carbocycles. The molecule has 2 N–H and O–H groups in total. The van der Waals surface area contributed by atoms with Crippen LogP contribution in [0.1, 0.15) is 11.8 Å². The summed E-state index contributed by atoms with van der Waals surface area (Å²) in [4.78, 5) is 28.1. The second kappa shape index (κ2) is 7.98. The van der Waals surface area contributed by atoms with Gasteiger partial charge >= 0.3 is 5.69 Å². The first-order chi connectivity index (χ1) is 12.6. The molecular weight excluding hydrogens is 342 g/mol. The lowest BCUT2D eigenvalue weighted by atomic mass is 10.1. The van der Waals surface area contributed by atoms with E-state index >= 15 is 0 Å². The smallest absolute Gasteiger partial charge is 0.330 e. The Morgan fingerprint density at radius 1 is 1.31 bits per heavy atom. The second-order valence-electron chi connectivity index (χ2n) is 5.75. The van der Waals surface area contributed by atoms with Crippen LogP contribution in [0.3, 0.4) is 0 Å². The standard InChI is InChI=1S/C16H17N5O5/c17-20-18-8-11-13(23)14(25-9-10-4-2-1-3-5-10)15(26-11)21-7-6-12(22)19-16(21)24/h1-7,11,13-15,23H,8-9H2,(H,19,22,24)/t11-,13?,14?,15-/m0/s1. The Balaban J connectivity index is 1.86. The molecule has 26 heavy (non-hydrogen) atoms. The zero-order chi connectivity index (χ0) is 18.5. The van der Waals surface area contributed by atoms with E-state index in [1.54, 1.807) is 0 Å². The Morgan fingerprint density at radius 3 is 2.77 bits per heavy atom. The maximum absolute atomic E-state index is 12.1. The Labute approximate surface area is 147 Å². The molecule has 0 spiro atoms. The van der Waals surface area contributed by atoms with Crippen LogP contribution >= 0.6 is 0 Å². The van der Waals surface area contributed by atoms with Gasteiger partial charge in [-0.15, -0.1) is 0 Å². The maximum atomic E-state index is 12.1. The van der Waals surface area contributed by atoms with Gasteiger partial charge in [0.2, 0.25) is 0 Å². The fourth-order valence-corrected chi connectivity index (χ4v) is 2.78. The molecule has 10 heteroatoms.